The Morgan fingerprint density at radius 3 is 2.44 bits per heavy atom. The molecule has 7 nitrogen and oxygen atoms in total. The molecule has 0 saturated heterocycles. The van der Waals surface area contributed by atoms with Gasteiger partial charge < -0.3 is 20.3 Å². The molecule has 0 saturated carbocycles. The third kappa shape index (κ3) is 6.13. The van der Waals surface area contributed by atoms with Gasteiger partial charge in [0.25, 0.3) is 11.8 Å². The van der Waals surface area contributed by atoms with Crippen molar-refractivity contribution in [2.75, 3.05) is 37.4 Å². The first-order valence-electron chi connectivity index (χ1n) is 8.62. The summed E-state index contributed by atoms with van der Waals surface area (Å²) in [6.45, 7) is 2.80. The Balaban J connectivity index is 1.91. The molecule has 1 unspecified atom stereocenters. The van der Waals surface area contributed by atoms with Crippen molar-refractivity contribution in [1.29, 1.82) is 5.26 Å². The van der Waals surface area contributed by atoms with Crippen molar-refractivity contribution in [2.45, 2.75) is 6.92 Å². The number of para-hydroxylation sites is 1. The Morgan fingerprint density at radius 1 is 1.07 bits per heavy atom. The number of carbonyl (C=O) groups excluding carboxylic acids is 2. The Morgan fingerprint density at radius 2 is 1.78 bits per heavy atom. The van der Waals surface area contributed by atoms with E-state index in [0.29, 0.717) is 29.2 Å². The van der Waals surface area contributed by atoms with Crippen molar-refractivity contribution in [1.82, 2.24) is 0 Å². The maximum atomic E-state index is 12.3. The number of ether oxygens (including phenoxy) is 1. The number of nitrogens with zero attached hydrogens (tertiary/aromatic N) is 1. The van der Waals surface area contributed by atoms with Gasteiger partial charge in [0.15, 0.2) is 13.1 Å². The maximum absolute atomic E-state index is 12.3. The molecule has 3 N–H and O–H groups in total. The summed E-state index contributed by atoms with van der Waals surface area (Å²) < 4.78 is 5.13. The van der Waals surface area contributed by atoms with Crippen LogP contribution in [0.4, 0.5) is 11.4 Å². The second kappa shape index (κ2) is 9.94. The average Bonchev–Trinajstić information content (AvgIpc) is 2.67. The van der Waals surface area contributed by atoms with E-state index in [1.54, 1.807) is 55.6 Å². The minimum Gasteiger partial charge on any atom is -0.497 e. The molecule has 0 radical (unpaired) electrons. The van der Waals surface area contributed by atoms with Crippen LogP contribution in [-0.4, -0.2) is 38.6 Å². The van der Waals surface area contributed by atoms with Gasteiger partial charge in [-0.25, -0.2) is 0 Å². The van der Waals surface area contributed by atoms with E-state index in [1.807, 2.05) is 13.0 Å². The highest BCUT2D eigenvalue weighted by Gasteiger charge is 2.17. The van der Waals surface area contributed by atoms with E-state index in [4.69, 9.17) is 10.00 Å². The molecule has 0 aromatic heterocycles. The summed E-state index contributed by atoms with van der Waals surface area (Å²) in [7, 11) is 1.56. The number of hydrogen-bond acceptors (Lipinski definition) is 4. The number of quaternary nitrogens is 1. The van der Waals surface area contributed by atoms with E-state index >= 15 is 0 Å². The standard InChI is InChI=1S/C20H22N4O3/c1-3-24(13-19(25)22-16-8-6-9-17(11-16)27-2)14-20(26)23-18-10-5-4-7-15(18)12-21/h4-11H,3,13-14H2,1-2H3,(H,22,25)(H,23,26)/p+1. The van der Waals surface area contributed by atoms with Gasteiger partial charge in [-0.15, -0.1) is 0 Å². The zero-order chi connectivity index (χ0) is 19.6. The highest BCUT2D eigenvalue weighted by Crippen LogP contribution is 2.16. The molecular weight excluding hydrogens is 344 g/mol. The number of amides is 2. The molecule has 1 atom stereocenters. The van der Waals surface area contributed by atoms with Gasteiger partial charge in [0.1, 0.15) is 11.8 Å². The molecule has 2 aromatic rings. The molecule has 0 spiro atoms. The average molecular weight is 367 g/mol. The largest absolute Gasteiger partial charge is 0.497 e. The van der Waals surface area contributed by atoms with Crippen molar-refractivity contribution >= 4 is 23.2 Å². The van der Waals surface area contributed by atoms with Crippen molar-refractivity contribution in [2.24, 2.45) is 0 Å². The molecule has 2 aromatic carbocycles. The van der Waals surface area contributed by atoms with Crippen molar-refractivity contribution < 1.29 is 19.2 Å². The predicted octanol–water partition coefficient (Wildman–Crippen LogP) is 1.05. The van der Waals surface area contributed by atoms with E-state index < -0.39 is 0 Å². The number of carbonyl (C=O) groups is 2. The number of hydrogen-bond donors (Lipinski definition) is 3. The summed E-state index contributed by atoms with van der Waals surface area (Å²) in [6.07, 6.45) is 0. The van der Waals surface area contributed by atoms with Crippen LogP contribution in [0.25, 0.3) is 0 Å². The van der Waals surface area contributed by atoms with E-state index in [1.165, 1.54) is 0 Å². The minimum absolute atomic E-state index is 0.127. The zero-order valence-corrected chi connectivity index (χ0v) is 15.4. The molecule has 0 heterocycles. The number of nitriles is 1. The third-order valence-corrected chi connectivity index (χ3v) is 4.00. The number of likely N-dealkylation sites (N-methyl/N-ethyl adjacent to an activating group) is 1. The summed E-state index contributed by atoms with van der Waals surface area (Å²) in [5.41, 5.74) is 1.52. The van der Waals surface area contributed by atoms with Crippen LogP contribution in [0.3, 0.4) is 0 Å². The summed E-state index contributed by atoms with van der Waals surface area (Å²) in [5.74, 6) is 0.220. The van der Waals surface area contributed by atoms with Gasteiger partial charge in [0.2, 0.25) is 0 Å². The summed E-state index contributed by atoms with van der Waals surface area (Å²) in [5, 5.41) is 14.6. The number of rotatable bonds is 8. The SMILES string of the molecule is CC[NH+](CC(=O)Nc1cccc(OC)c1)CC(=O)Nc1ccccc1C#N. The monoisotopic (exact) mass is 367 g/mol. The Hall–Kier alpha value is -3.37. The molecule has 2 rings (SSSR count). The van der Waals surface area contributed by atoms with Gasteiger partial charge >= 0.3 is 0 Å². The van der Waals surface area contributed by atoms with Crippen LogP contribution in [0.15, 0.2) is 48.5 Å². The van der Waals surface area contributed by atoms with E-state index in [-0.39, 0.29) is 24.9 Å². The number of methoxy groups -OCH3 is 1. The van der Waals surface area contributed by atoms with Crippen LogP contribution in [0.5, 0.6) is 5.75 Å². The molecule has 140 valence electrons. The lowest BCUT2D eigenvalue weighted by atomic mass is 10.2. The topological polar surface area (TPSA) is 95.7 Å². The Kier molecular flexibility index (Phi) is 7.35. The number of benzene rings is 2. The molecule has 0 fully saturated rings. The molecule has 27 heavy (non-hydrogen) atoms. The van der Waals surface area contributed by atoms with E-state index in [2.05, 4.69) is 10.6 Å². The van der Waals surface area contributed by atoms with Gasteiger partial charge in [-0.05, 0) is 31.2 Å². The fourth-order valence-corrected chi connectivity index (χ4v) is 2.56. The van der Waals surface area contributed by atoms with Crippen molar-refractivity contribution in [3.63, 3.8) is 0 Å². The molecule has 0 aliphatic rings. The molecular formula is C20H23N4O3+. The highest BCUT2D eigenvalue weighted by atomic mass is 16.5. The van der Waals surface area contributed by atoms with Crippen LogP contribution in [-0.2, 0) is 9.59 Å². The third-order valence-electron chi connectivity index (χ3n) is 4.00. The normalized spacial score (nSPS) is 11.1. The lowest BCUT2D eigenvalue weighted by Gasteiger charge is -2.17. The molecule has 0 aliphatic carbocycles. The Bertz CT molecular complexity index is 845. The van der Waals surface area contributed by atoms with Gasteiger partial charge in [-0.3, -0.25) is 9.59 Å². The fourth-order valence-electron chi connectivity index (χ4n) is 2.56. The van der Waals surface area contributed by atoms with Crippen molar-refractivity contribution in [3.05, 3.63) is 54.1 Å². The van der Waals surface area contributed by atoms with Crippen LogP contribution >= 0.6 is 0 Å². The summed E-state index contributed by atoms with van der Waals surface area (Å²) in [6, 6.07) is 15.9. The molecule has 0 bridgehead atoms. The van der Waals surface area contributed by atoms with E-state index in [0.717, 1.165) is 4.90 Å². The zero-order valence-electron chi connectivity index (χ0n) is 15.4. The van der Waals surface area contributed by atoms with Gasteiger partial charge in [-0.1, -0.05) is 18.2 Å². The van der Waals surface area contributed by atoms with Crippen LogP contribution in [0, 0.1) is 11.3 Å². The van der Waals surface area contributed by atoms with Gasteiger partial charge in [0, 0.05) is 11.8 Å². The van der Waals surface area contributed by atoms with Crippen LogP contribution in [0.2, 0.25) is 0 Å². The minimum atomic E-state index is -0.247. The van der Waals surface area contributed by atoms with Crippen molar-refractivity contribution in [3.8, 4) is 11.8 Å². The lowest BCUT2D eigenvalue weighted by molar-refractivity contribution is -0.881. The Labute approximate surface area is 158 Å². The maximum Gasteiger partial charge on any atom is 0.279 e. The van der Waals surface area contributed by atoms with Gasteiger partial charge in [-0.2, -0.15) is 5.26 Å². The number of anilines is 2. The summed E-state index contributed by atoms with van der Waals surface area (Å²) in [4.78, 5) is 25.4. The molecule has 2 amide bonds. The quantitative estimate of drug-likeness (QED) is 0.650. The second-order valence-corrected chi connectivity index (χ2v) is 5.94. The smallest absolute Gasteiger partial charge is 0.279 e. The highest BCUT2D eigenvalue weighted by molar-refractivity contribution is 5.94. The molecule has 7 heteroatoms. The summed E-state index contributed by atoms with van der Waals surface area (Å²) >= 11 is 0. The lowest BCUT2D eigenvalue weighted by Crippen LogP contribution is -3.13. The van der Waals surface area contributed by atoms with E-state index in [9.17, 15) is 9.59 Å². The van der Waals surface area contributed by atoms with Crippen LogP contribution < -0.4 is 20.3 Å². The second-order valence-electron chi connectivity index (χ2n) is 5.94. The fraction of sp³-hybridized carbons (Fsp3) is 0.250. The predicted molar refractivity (Wildman–Crippen MR) is 103 cm³/mol. The van der Waals surface area contributed by atoms with Gasteiger partial charge in [0.05, 0.1) is 24.9 Å². The number of nitrogens with one attached hydrogen (secondary N) is 3. The molecule has 0 aliphatic heterocycles. The first-order chi connectivity index (χ1) is 13.0. The first-order valence-corrected chi connectivity index (χ1v) is 8.62. The first kappa shape index (κ1) is 19.9. The van der Waals surface area contributed by atoms with Crippen LogP contribution in [0.1, 0.15) is 12.5 Å².